The van der Waals surface area contributed by atoms with Crippen LogP contribution in [0, 0.1) is 5.82 Å². The van der Waals surface area contributed by atoms with Crippen molar-refractivity contribution < 1.29 is 9.13 Å². The van der Waals surface area contributed by atoms with E-state index < -0.39 is 5.82 Å². The van der Waals surface area contributed by atoms with Gasteiger partial charge in [0.2, 0.25) is 5.13 Å². The first-order valence-corrected chi connectivity index (χ1v) is 13.9. The Labute approximate surface area is 239 Å². The molecule has 1 aliphatic heterocycles. The highest BCUT2D eigenvalue weighted by atomic mass is 35.5. The van der Waals surface area contributed by atoms with Crippen LogP contribution in [0.5, 0.6) is 5.75 Å². The van der Waals surface area contributed by atoms with Gasteiger partial charge in [-0.15, -0.1) is 11.3 Å². The van der Waals surface area contributed by atoms with E-state index in [1.165, 1.54) is 30.1 Å². The lowest BCUT2D eigenvalue weighted by Gasteiger charge is -2.22. The molecular weight excluding hydrogens is 552 g/mol. The van der Waals surface area contributed by atoms with Crippen LogP contribution in [0.15, 0.2) is 101 Å². The average molecular weight is 575 g/mol. The zero-order valence-electron chi connectivity index (χ0n) is 20.8. The number of nitrogens with zero attached hydrogens (tertiary/aromatic N) is 3. The highest BCUT2D eigenvalue weighted by Crippen LogP contribution is 2.42. The molecule has 2 heterocycles. The molecule has 0 fully saturated rings. The minimum absolute atomic E-state index is 0.189. The van der Waals surface area contributed by atoms with Crippen LogP contribution in [0.3, 0.4) is 0 Å². The summed E-state index contributed by atoms with van der Waals surface area (Å²) < 4.78 is 19.6. The second-order valence-electron chi connectivity index (χ2n) is 9.09. The van der Waals surface area contributed by atoms with Crippen molar-refractivity contribution in [3.63, 3.8) is 0 Å². The molecule has 1 aliphatic rings. The monoisotopic (exact) mass is 573 g/mol. The number of hydrogen-bond acceptors (Lipinski definition) is 5. The van der Waals surface area contributed by atoms with Gasteiger partial charge in [0.25, 0.3) is 0 Å². The SMILES string of the molecule is COc1ccc(C2=NN(c3nc(-c4ccc(-c5ccccc5)cc4)cs3)C(c3ccc(Cl)cc3Cl)C2)cc1F. The number of benzene rings is 4. The predicted octanol–water partition coefficient (Wildman–Crippen LogP) is 9.29. The first-order chi connectivity index (χ1) is 19.0. The molecule has 8 heteroatoms. The fraction of sp³-hybridized carbons (Fsp3) is 0.0968. The van der Waals surface area contributed by atoms with Gasteiger partial charge in [0, 0.05) is 33.0 Å². The van der Waals surface area contributed by atoms with E-state index in [0.717, 1.165) is 33.2 Å². The second-order valence-corrected chi connectivity index (χ2v) is 10.8. The van der Waals surface area contributed by atoms with Crippen LogP contribution >= 0.6 is 34.5 Å². The van der Waals surface area contributed by atoms with Crippen LogP contribution in [0.2, 0.25) is 10.0 Å². The van der Waals surface area contributed by atoms with Gasteiger partial charge in [0.05, 0.1) is 24.6 Å². The molecule has 39 heavy (non-hydrogen) atoms. The normalized spacial score (nSPS) is 14.9. The molecular formula is C31H22Cl2FN3OS. The summed E-state index contributed by atoms with van der Waals surface area (Å²) in [5, 5.41) is 10.6. The van der Waals surface area contributed by atoms with E-state index in [4.69, 9.17) is 38.0 Å². The number of ether oxygens (including phenoxy) is 1. The van der Waals surface area contributed by atoms with Gasteiger partial charge in [-0.25, -0.2) is 14.4 Å². The summed E-state index contributed by atoms with van der Waals surface area (Å²) >= 11 is 14.3. The Kier molecular flexibility index (Phi) is 7.09. The molecule has 1 aromatic heterocycles. The number of thiazole rings is 1. The Hall–Kier alpha value is -3.71. The van der Waals surface area contributed by atoms with Crippen LogP contribution in [0.1, 0.15) is 23.6 Å². The predicted molar refractivity (Wildman–Crippen MR) is 159 cm³/mol. The topological polar surface area (TPSA) is 37.7 Å². The zero-order valence-corrected chi connectivity index (χ0v) is 23.1. The van der Waals surface area contributed by atoms with Crippen molar-refractivity contribution in [3.05, 3.63) is 123 Å². The molecule has 1 unspecified atom stereocenters. The third-order valence-corrected chi connectivity index (χ3v) is 8.09. The van der Waals surface area contributed by atoms with E-state index in [0.29, 0.717) is 22.0 Å². The lowest BCUT2D eigenvalue weighted by molar-refractivity contribution is 0.386. The van der Waals surface area contributed by atoms with Gasteiger partial charge in [0.15, 0.2) is 11.6 Å². The molecule has 0 saturated carbocycles. The molecule has 0 amide bonds. The molecule has 0 spiro atoms. The minimum Gasteiger partial charge on any atom is -0.494 e. The van der Waals surface area contributed by atoms with E-state index >= 15 is 0 Å². The number of anilines is 1. The van der Waals surface area contributed by atoms with Crippen LogP contribution in [0.25, 0.3) is 22.4 Å². The number of methoxy groups -OCH3 is 1. The van der Waals surface area contributed by atoms with Gasteiger partial charge in [-0.2, -0.15) is 5.10 Å². The number of aromatic nitrogens is 1. The summed E-state index contributed by atoms with van der Waals surface area (Å²) in [4.78, 5) is 4.94. The summed E-state index contributed by atoms with van der Waals surface area (Å²) in [6, 6.07) is 28.7. The standard InChI is InChI=1S/C31H22Cl2FN3OS/c1-38-30-14-11-22(15-26(30)34)27-17-29(24-13-12-23(32)16-25(24)33)37(36-27)31-35-28(18-39-31)21-9-7-20(8-10-21)19-5-3-2-4-6-19/h2-16,18,29H,17H2,1H3. The van der Waals surface area contributed by atoms with Crippen molar-refractivity contribution >= 4 is 45.4 Å². The smallest absolute Gasteiger partial charge is 0.207 e. The van der Waals surface area contributed by atoms with Gasteiger partial charge < -0.3 is 4.74 Å². The van der Waals surface area contributed by atoms with E-state index in [9.17, 15) is 4.39 Å². The van der Waals surface area contributed by atoms with Crippen molar-refractivity contribution in [2.24, 2.45) is 5.10 Å². The largest absolute Gasteiger partial charge is 0.494 e. The highest BCUT2D eigenvalue weighted by molar-refractivity contribution is 7.14. The Balaban J connectivity index is 1.35. The fourth-order valence-electron chi connectivity index (χ4n) is 4.69. The van der Waals surface area contributed by atoms with Crippen molar-refractivity contribution in [2.45, 2.75) is 12.5 Å². The van der Waals surface area contributed by atoms with E-state index in [-0.39, 0.29) is 11.8 Å². The Bertz CT molecular complexity index is 1670. The maximum Gasteiger partial charge on any atom is 0.207 e. The van der Waals surface area contributed by atoms with Crippen LogP contribution in [-0.2, 0) is 0 Å². The number of halogens is 3. The third kappa shape index (κ3) is 5.15. The summed E-state index contributed by atoms with van der Waals surface area (Å²) in [6.45, 7) is 0. The molecule has 0 bridgehead atoms. The molecule has 0 N–H and O–H groups in total. The first kappa shape index (κ1) is 25.6. The lowest BCUT2D eigenvalue weighted by Crippen LogP contribution is -2.18. The second kappa shape index (κ2) is 10.8. The van der Waals surface area contributed by atoms with Crippen molar-refractivity contribution in [3.8, 4) is 28.1 Å². The highest BCUT2D eigenvalue weighted by Gasteiger charge is 2.33. The summed E-state index contributed by atoms with van der Waals surface area (Å²) in [7, 11) is 1.45. The van der Waals surface area contributed by atoms with Gasteiger partial charge in [-0.1, -0.05) is 83.9 Å². The van der Waals surface area contributed by atoms with Gasteiger partial charge in [0.1, 0.15) is 0 Å². The first-order valence-electron chi connectivity index (χ1n) is 12.3. The molecule has 0 aliphatic carbocycles. The van der Waals surface area contributed by atoms with E-state index in [1.807, 2.05) is 46.8 Å². The Morgan fingerprint density at radius 2 is 1.59 bits per heavy atom. The lowest BCUT2D eigenvalue weighted by atomic mass is 9.98. The van der Waals surface area contributed by atoms with Gasteiger partial charge in [-0.3, -0.25) is 0 Å². The minimum atomic E-state index is -0.437. The molecule has 1 atom stereocenters. The van der Waals surface area contributed by atoms with Crippen LogP contribution in [-0.4, -0.2) is 17.8 Å². The van der Waals surface area contributed by atoms with E-state index in [1.54, 1.807) is 12.1 Å². The average Bonchev–Trinajstić information content (AvgIpc) is 3.62. The van der Waals surface area contributed by atoms with Crippen LogP contribution in [0.4, 0.5) is 9.52 Å². The molecule has 4 nitrogen and oxygen atoms in total. The molecule has 0 radical (unpaired) electrons. The Morgan fingerprint density at radius 3 is 2.31 bits per heavy atom. The summed E-state index contributed by atoms with van der Waals surface area (Å²) in [5.74, 6) is -0.248. The maximum atomic E-state index is 14.5. The number of hydrazone groups is 1. The molecule has 0 saturated heterocycles. The summed E-state index contributed by atoms with van der Waals surface area (Å²) in [5.41, 5.74) is 6.47. The van der Waals surface area contributed by atoms with Crippen molar-refractivity contribution in [1.82, 2.24) is 4.98 Å². The quantitative estimate of drug-likeness (QED) is 0.203. The Morgan fingerprint density at radius 1 is 0.872 bits per heavy atom. The van der Waals surface area contributed by atoms with Gasteiger partial charge >= 0.3 is 0 Å². The molecule has 5 aromatic rings. The summed E-state index contributed by atoms with van der Waals surface area (Å²) in [6.07, 6.45) is 0.522. The maximum absolute atomic E-state index is 14.5. The molecule has 194 valence electrons. The van der Waals surface area contributed by atoms with Gasteiger partial charge in [-0.05, 0) is 47.0 Å². The third-order valence-electron chi connectivity index (χ3n) is 6.69. The van der Waals surface area contributed by atoms with Crippen molar-refractivity contribution in [2.75, 3.05) is 12.1 Å². The zero-order chi connectivity index (χ0) is 26.9. The molecule has 4 aromatic carbocycles. The van der Waals surface area contributed by atoms with Crippen molar-refractivity contribution in [1.29, 1.82) is 0 Å². The van der Waals surface area contributed by atoms with Crippen LogP contribution < -0.4 is 9.75 Å². The molecule has 6 rings (SSSR count). The number of rotatable bonds is 6. The van der Waals surface area contributed by atoms with E-state index in [2.05, 4.69) is 36.4 Å². The number of hydrogen-bond donors (Lipinski definition) is 0. The fourth-order valence-corrected chi connectivity index (χ4v) is 6.05.